The lowest BCUT2D eigenvalue weighted by atomic mass is 10.1. The SMILES string of the molecule is Fc1ccc([C@H](Nc2ccc(Cl)cc2)c2nnc(-c3ccccc3)o2)c(Cl)c1. The fourth-order valence-corrected chi connectivity index (χ4v) is 3.17. The molecule has 0 spiro atoms. The Hall–Kier alpha value is -2.89. The highest BCUT2D eigenvalue weighted by molar-refractivity contribution is 6.31. The molecule has 0 aliphatic rings. The molecule has 1 N–H and O–H groups in total. The predicted octanol–water partition coefficient (Wildman–Crippen LogP) is 6.38. The molecule has 0 saturated carbocycles. The van der Waals surface area contributed by atoms with Gasteiger partial charge in [-0.15, -0.1) is 10.2 Å². The van der Waals surface area contributed by atoms with Crippen LogP contribution in [0.5, 0.6) is 0 Å². The lowest BCUT2D eigenvalue weighted by molar-refractivity contribution is 0.494. The lowest BCUT2D eigenvalue weighted by Crippen LogP contribution is -2.13. The van der Waals surface area contributed by atoms with E-state index in [1.807, 2.05) is 42.5 Å². The summed E-state index contributed by atoms with van der Waals surface area (Å²) in [5.74, 6) is 0.272. The monoisotopic (exact) mass is 413 g/mol. The molecule has 0 unspecified atom stereocenters. The van der Waals surface area contributed by atoms with Gasteiger partial charge in [0.15, 0.2) is 0 Å². The molecule has 0 bridgehead atoms. The highest BCUT2D eigenvalue weighted by Gasteiger charge is 2.24. The largest absolute Gasteiger partial charge is 0.418 e. The Labute approximate surface area is 170 Å². The van der Waals surface area contributed by atoms with Crippen molar-refractivity contribution in [2.45, 2.75) is 6.04 Å². The minimum Gasteiger partial charge on any atom is -0.418 e. The zero-order valence-electron chi connectivity index (χ0n) is 14.4. The molecule has 4 nitrogen and oxygen atoms in total. The minimum absolute atomic E-state index is 0.255. The van der Waals surface area contributed by atoms with Gasteiger partial charge in [-0.05, 0) is 48.5 Å². The summed E-state index contributed by atoms with van der Waals surface area (Å²) in [6, 6.07) is 20.2. The van der Waals surface area contributed by atoms with Crippen LogP contribution >= 0.6 is 23.2 Å². The van der Waals surface area contributed by atoms with Gasteiger partial charge in [-0.2, -0.15) is 0 Å². The van der Waals surface area contributed by atoms with Crippen LogP contribution in [0.4, 0.5) is 10.1 Å². The van der Waals surface area contributed by atoms with Crippen molar-refractivity contribution in [3.05, 3.63) is 100 Å². The molecule has 0 aliphatic heterocycles. The molecule has 1 atom stereocenters. The summed E-state index contributed by atoms with van der Waals surface area (Å²) in [6.45, 7) is 0. The Bertz CT molecular complexity index is 1080. The van der Waals surface area contributed by atoms with Crippen LogP contribution in [0.25, 0.3) is 11.5 Å². The Morgan fingerprint density at radius 1 is 0.893 bits per heavy atom. The first-order chi connectivity index (χ1) is 13.6. The van der Waals surface area contributed by atoms with Crippen LogP contribution in [-0.4, -0.2) is 10.2 Å². The van der Waals surface area contributed by atoms with Gasteiger partial charge in [-0.3, -0.25) is 0 Å². The van der Waals surface area contributed by atoms with Gasteiger partial charge in [-0.25, -0.2) is 4.39 Å². The van der Waals surface area contributed by atoms with E-state index in [0.717, 1.165) is 11.3 Å². The molecular formula is C21H14Cl2FN3O. The molecule has 0 aliphatic carbocycles. The molecule has 28 heavy (non-hydrogen) atoms. The summed E-state index contributed by atoms with van der Waals surface area (Å²) < 4.78 is 19.4. The van der Waals surface area contributed by atoms with E-state index < -0.39 is 11.9 Å². The average molecular weight is 414 g/mol. The molecule has 7 heteroatoms. The van der Waals surface area contributed by atoms with Crippen molar-refractivity contribution >= 4 is 28.9 Å². The van der Waals surface area contributed by atoms with E-state index in [1.54, 1.807) is 18.2 Å². The van der Waals surface area contributed by atoms with E-state index >= 15 is 0 Å². The molecule has 1 heterocycles. The molecule has 3 aromatic carbocycles. The number of rotatable bonds is 5. The highest BCUT2D eigenvalue weighted by Crippen LogP contribution is 2.33. The summed E-state index contributed by atoms with van der Waals surface area (Å²) in [6.07, 6.45) is 0. The normalized spacial score (nSPS) is 12.0. The van der Waals surface area contributed by atoms with Crippen molar-refractivity contribution in [1.82, 2.24) is 10.2 Å². The maximum atomic E-state index is 13.5. The Balaban J connectivity index is 1.74. The minimum atomic E-state index is -0.570. The van der Waals surface area contributed by atoms with Crippen molar-refractivity contribution in [2.24, 2.45) is 0 Å². The highest BCUT2D eigenvalue weighted by atomic mass is 35.5. The van der Waals surface area contributed by atoms with Crippen LogP contribution in [0.2, 0.25) is 10.0 Å². The summed E-state index contributed by atoms with van der Waals surface area (Å²) in [4.78, 5) is 0. The van der Waals surface area contributed by atoms with Crippen molar-refractivity contribution in [2.75, 3.05) is 5.32 Å². The fraction of sp³-hybridized carbons (Fsp3) is 0.0476. The molecule has 1 aromatic heterocycles. The zero-order valence-corrected chi connectivity index (χ0v) is 16.0. The van der Waals surface area contributed by atoms with Crippen LogP contribution in [0.15, 0.2) is 77.2 Å². The van der Waals surface area contributed by atoms with E-state index in [0.29, 0.717) is 22.4 Å². The molecule has 0 amide bonds. The molecule has 4 rings (SSSR count). The number of nitrogens with one attached hydrogen (secondary N) is 1. The van der Waals surface area contributed by atoms with Gasteiger partial charge in [0.1, 0.15) is 11.9 Å². The van der Waals surface area contributed by atoms with E-state index in [9.17, 15) is 4.39 Å². The topological polar surface area (TPSA) is 51.0 Å². The van der Waals surface area contributed by atoms with Crippen molar-refractivity contribution in [1.29, 1.82) is 0 Å². The second kappa shape index (κ2) is 8.00. The molecule has 0 fully saturated rings. The molecular weight excluding hydrogens is 400 g/mol. The summed E-state index contributed by atoms with van der Waals surface area (Å²) >= 11 is 12.3. The number of benzene rings is 3. The van der Waals surface area contributed by atoms with E-state index in [1.165, 1.54) is 12.1 Å². The van der Waals surface area contributed by atoms with Gasteiger partial charge in [0.05, 0.1) is 0 Å². The maximum Gasteiger partial charge on any atom is 0.247 e. The van der Waals surface area contributed by atoms with Crippen molar-refractivity contribution in [3.63, 3.8) is 0 Å². The van der Waals surface area contributed by atoms with Gasteiger partial charge in [0, 0.05) is 26.9 Å². The number of hydrogen-bond donors (Lipinski definition) is 1. The smallest absolute Gasteiger partial charge is 0.247 e. The molecule has 0 radical (unpaired) electrons. The van der Waals surface area contributed by atoms with E-state index in [4.69, 9.17) is 27.6 Å². The first-order valence-corrected chi connectivity index (χ1v) is 9.21. The number of halogens is 3. The quantitative estimate of drug-likeness (QED) is 0.412. The number of aromatic nitrogens is 2. The summed E-state index contributed by atoms with van der Waals surface area (Å²) in [5, 5.41) is 12.5. The summed E-state index contributed by atoms with van der Waals surface area (Å²) in [5.41, 5.74) is 2.19. The van der Waals surface area contributed by atoms with Gasteiger partial charge in [0.2, 0.25) is 11.8 Å². The van der Waals surface area contributed by atoms with E-state index in [-0.39, 0.29) is 5.02 Å². The molecule has 4 aromatic rings. The molecule has 140 valence electrons. The van der Waals surface area contributed by atoms with Crippen molar-refractivity contribution < 1.29 is 8.81 Å². The van der Waals surface area contributed by atoms with Crippen LogP contribution in [0.3, 0.4) is 0 Å². The number of hydrogen-bond acceptors (Lipinski definition) is 4. The van der Waals surface area contributed by atoms with Crippen LogP contribution in [0, 0.1) is 5.82 Å². The predicted molar refractivity (Wildman–Crippen MR) is 108 cm³/mol. The van der Waals surface area contributed by atoms with Crippen molar-refractivity contribution in [3.8, 4) is 11.5 Å². The Morgan fingerprint density at radius 3 is 2.36 bits per heavy atom. The molecule has 0 saturated heterocycles. The first kappa shape index (κ1) is 18.5. The maximum absolute atomic E-state index is 13.5. The van der Waals surface area contributed by atoms with Crippen LogP contribution in [-0.2, 0) is 0 Å². The zero-order chi connectivity index (χ0) is 19.5. The fourth-order valence-electron chi connectivity index (χ4n) is 2.77. The van der Waals surface area contributed by atoms with E-state index in [2.05, 4.69) is 15.5 Å². The standard InChI is InChI=1S/C21H14Cl2FN3O/c22-14-6-9-16(10-7-14)25-19(17-11-8-15(24)12-18(17)23)21-27-26-20(28-21)13-4-2-1-3-5-13/h1-12,19,25H/t19-/m0/s1. The number of nitrogens with zero attached hydrogens (tertiary/aromatic N) is 2. The second-order valence-corrected chi connectivity index (χ2v) is 6.91. The third kappa shape index (κ3) is 4.01. The van der Waals surface area contributed by atoms with Gasteiger partial charge in [0.25, 0.3) is 0 Å². The average Bonchev–Trinajstić information content (AvgIpc) is 3.19. The summed E-state index contributed by atoms with van der Waals surface area (Å²) in [7, 11) is 0. The van der Waals surface area contributed by atoms with Crippen LogP contribution in [0.1, 0.15) is 17.5 Å². The third-order valence-electron chi connectivity index (χ3n) is 4.14. The second-order valence-electron chi connectivity index (χ2n) is 6.06. The van der Waals surface area contributed by atoms with Gasteiger partial charge in [-0.1, -0.05) is 47.5 Å². The Morgan fingerprint density at radius 2 is 1.64 bits per heavy atom. The number of anilines is 1. The lowest BCUT2D eigenvalue weighted by Gasteiger charge is -2.18. The first-order valence-electron chi connectivity index (χ1n) is 8.46. The van der Waals surface area contributed by atoms with Gasteiger partial charge >= 0.3 is 0 Å². The van der Waals surface area contributed by atoms with Crippen LogP contribution < -0.4 is 5.32 Å². The third-order valence-corrected chi connectivity index (χ3v) is 4.72. The van der Waals surface area contributed by atoms with Gasteiger partial charge < -0.3 is 9.73 Å². The Kier molecular flexibility index (Phi) is 5.28.